The number of aromatic nitrogens is 2. The third kappa shape index (κ3) is 5.68. The van der Waals surface area contributed by atoms with E-state index in [1.807, 2.05) is 48.5 Å². The Morgan fingerprint density at radius 2 is 1.93 bits per heavy atom. The minimum Gasteiger partial charge on any atom is -0.383 e. The first-order valence-electron chi connectivity index (χ1n) is 10.2. The molecule has 0 aliphatic rings. The van der Waals surface area contributed by atoms with Gasteiger partial charge in [0, 0.05) is 49.1 Å². The molecule has 0 saturated carbocycles. The van der Waals surface area contributed by atoms with Crippen LogP contribution in [-0.4, -0.2) is 49.2 Å². The van der Waals surface area contributed by atoms with Gasteiger partial charge in [-0.15, -0.1) is 0 Å². The maximum absolute atomic E-state index is 12.2. The van der Waals surface area contributed by atoms with Crippen molar-refractivity contribution in [1.29, 1.82) is 0 Å². The van der Waals surface area contributed by atoms with E-state index in [0.29, 0.717) is 37.0 Å². The lowest BCUT2D eigenvalue weighted by molar-refractivity contribution is -0.121. The predicted octanol–water partition coefficient (Wildman–Crippen LogP) is 4.32. The fraction of sp³-hybridized carbons (Fsp3) is 0.348. The number of anilines is 1. The topological polar surface area (TPSA) is 67.4 Å². The summed E-state index contributed by atoms with van der Waals surface area (Å²) in [6.45, 7) is 4.48. The average Bonchev–Trinajstić information content (AvgIpc) is 2.76. The summed E-state index contributed by atoms with van der Waals surface area (Å²) < 4.78 is 4.99. The molecule has 2 aromatic carbocycles. The number of nitrogens with one attached hydrogen (secondary N) is 1. The van der Waals surface area contributed by atoms with Crippen LogP contribution >= 0.6 is 11.6 Å². The molecule has 0 fully saturated rings. The van der Waals surface area contributed by atoms with Gasteiger partial charge in [0.1, 0.15) is 5.82 Å². The second kappa shape index (κ2) is 10.9. The quantitative estimate of drug-likeness (QED) is 0.489. The molecule has 0 aliphatic heterocycles. The molecule has 3 aromatic rings. The first-order chi connectivity index (χ1) is 14.6. The Morgan fingerprint density at radius 1 is 1.13 bits per heavy atom. The van der Waals surface area contributed by atoms with Crippen molar-refractivity contribution < 1.29 is 9.53 Å². The van der Waals surface area contributed by atoms with Gasteiger partial charge in [-0.2, -0.15) is 0 Å². The molecule has 0 saturated heterocycles. The number of rotatable bonds is 10. The van der Waals surface area contributed by atoms with Gasteiger partial charge in [0.15, 0.2) is 5.82 Å². The summed E-state index contributed by atoms with van der Waals surface area (Å²) in [6, 6.07) is 15.5. The van der Waals surface area contributed by atoms with Crippen LogP contribution in [0.1, 0.15) is 19.8 Å². The summed E-state index contributed by atoms with van der Waals surface area (Å²) in [5.41, 5.74) is 1.73. The molecule has 0 unspecified atom stereocenters. The van der Waals surface area contributed by atoms with Crippen LogP contribution in [-0.2, 0) is 9.53 Å². The van der Waals surface area contributed by atoms with Gasteiger partial charge in [-0.3, -0.25) is 4.79 Å². The molecule has 0 aliphatic carbocycles. The molecule has 7 heteroatoms. The van der Waals surface area contributed by atoms with Crippen LogP contribution in [0.2, 0.25) is 5.02 Å². The number of halogens is 1. The van der Waals surface area contributed by atoms with E-state index < -0.39 is 0 Å². The number of fused-ring (bicyclic) bond motifs is 1. The van der Waals surface area contributed by atoms with Crippen molar-refractivity contribution in [2.45, 2.75) is 19.8 Å². The summed E-state index contributed by atoms with van der Waals surface area (Å²) >= 11 is 6.24. The van der Waals surface area contributed by atoms with Crippen LogP contribution < -0.4 is 10.2 Å². The van der Waals surface area contributed by atoms with Gasteiger partial charge in [-0.05, 0) is 24.6 Å². The molecule has 1 N–H and O–H groups in total. The van der Waals surface area contributed by atoms with Gasteiger partial charge in [-0.1, -0.05) is 48.9 Å². The molecule has 158 valence electrons. The first kappa shape index (κ1) is 22.0. The number of ether oxygens (including phenoxy) is 1. The smallest absolute Gasteiger partial charge is 0.221 e. The van der Waals surface area contributed by atoms with Crippen LogP contribution in [0.5, 0.6) is 0 Å². The van der Waals surface area contributed by atoms with Gasteiger partial charge >= 0.3 is 0 Å². The average molecular weight is 427 g/mol. The molecule has 0 atom stereocenters. The minimum atomic E-state index is -0.00200. The molecule has 0 radical (unpaired) electrons. The number of nitrogens with zero attached hydrogens (tertiary/aromatic N) is 3. The SMILES string of the molecule is CCCN(CCC(=O)NCCOC)c1nc(-c2ccccc2)nc2cc(Cl)ccc12. The van der Waals surface area contributed by atoms with Crippen molar-refractivity contribution in [2.75, 3.05) is 38.3 Å². The second-order valence-corrected chi connectivity index (χ2v) is 7.41. The Morgan fingerprint density at radius 3 is 2.67 bits per heavy atom. The molecule has 30 heavy (non-hydrogen) atoms. The van der Waals surface area contributed by atoms with Crippen molar-refractivity contribution >= 4 is 34.2 Å². The van der Waals surface area contributed by atoms with Crippen LogP contribution in [0, 0.1) is 0 Å². The highest BCUT2D eigenvalue weighted by molar-refractivity contribution is 6.31. The summed E-state index contributed by atoms with van der Waals surface area (Å²) in [5.74, 6) is 1.46. The van der Waals surface area contributed by atoms with Crippen molar-refractivity contribution in [3.05, 3.63) is 53.6 Å². The summed E-state index contributed by atoms with van der Waals surface area (Å²) in [5, 5.41) is 4.43. The van der Waals surface area contributed by atoms with E-state index in [2.05, 4.69) is 17.1 Å². The number of hydrogen-bond acceptors (Lipinski definition) is 5. The number of methoxy groups -OCH3 is 1. The van der Waals surface area contributed by atoms with E-state index in [9.17, 15) is 4.79 Å². The minimum absolute atomic E-state index is 0.00200. The van der Waals surface area contributed by atoms with Crippen LogP contribution in [0.15, 0.2) is 48.5 Å². The van der Waals surface area contributed by atoms with E-state index >= 15 is 0 Å². The fourth-order valence-corrected chi connectivity index (χ4v) is 3.42. The van der Waals surface area contributed by atoms with Crippen LogP contribution in [0.3, 0.4) is 0 Å². The standard InChI is InChI=1S/C23H27ClN4O2/c1-3-13-28(14-11-21(29)25-12-15-30-2)23-19-10-9-18(24)16-20(19)26-22(27-23)17-7-5-4-6-8-17/h4-10,16H,3,11-15H2,1-2H3,(H,25,29). The predicted molar refractivity (Wildman–Crippen MR) is 122 cm³/mol. The maximum Gasteiger partial charge on any atom is 0.221 e. The molecule has 1 aromatic heterocycles. The zero-order valence-electron chi connectivity index (χ0n) is 17.4. The van der Waals surface area contributed by atoms with E-state index in [4.69, 9.17) is 26.3 Å². The third-order valence-electron chi connectivity index (χ3n) is 4.70. The maximum atomic E-state index is 12.2. The number of benzene rings is 2. The molecular formula is C23H27ClN4O2. The molecule has 0 spiro atoms. The van der Waals surface area contributed by atoms with Crippen molar-refractivity contribution in [3.63, 3.8) is 0 Å². The second-order valence-electron chi connectivity index (χ2n) is 6.98. The number of amides is 1. The third-order valence-corrected chi connectivity index (χ3v) is 4.94. The van der Waals surface area contributed by atoms with Crippen LogP contribution in [0.25, 0.3) is 22.3 Å². The van der Waals surface area contributed by atoms with E-state index in [-0.39, 0.29) is 5.91 Å². The molecule has 0 bridgehead atoms. The Hall–Kier alpha value is -2.70. The van der Waals surface area contributed by atoms with E-state index in [0.717, 1.165) is 35.2 Å². The first-order valence-corrected chi connectivity index (χ1v) is 10.5. The molecule has 1 heterocycles. The summed E-state index contributed by atoms with van der Waals surface area (Å²) in [4.78, 5) is 24.0. The Bertz CT molecular complexity index is 982. The molecular weight excluding hydrogens is 400 g/mol. The van der Waals surface area contributed by atoms with Crippen molar-refractivity contribution in [3.8, 4) is 11.4 Å². The van der Waals surface area contributed by atoms with E-state index in [1.165, 1.54) is 0 Å². The summed E-state index contributed by atoms with van der Waals surface area (Å²) in [6.07, 6.45) is 1.31. The Balaban J connectivity index is 1.94. The van der Waals surface area contributed by atoms with Crippen LogP contribution in [0.4, 0.5) is 5.82 Å². The van der Waals surface area contributed by atoms with Gasteiger partial charge in [0.2, 0.25) is 5.91 Å². The lowest BCUT2D eigenvalue weighted by Crippen LogP contribution is -2.33. The van der Waals surface area contributed by atoms with E-state index in [1.54, 1.807) is 7.11 Å². The molecule has 3 rings (SSSR count). The lowest BCUT2D eigenvalue weighted by atomic mass is 10.1. The highest BCUT2D eigenvalue weighted by atomic mass is 35.5. The zero-order chi connectivity index (χ0) is 21.3. The normalized spacial score (nSPS) is 10.9. The number of hydrogen-bond donors (Lipinski definition) is 1. The lowest BCUT2D eigenvalue weighted by Gasteiger charge is -2.25. The monoisotopic (exact) mass is 426 g/mol. The summed E-state index contributed by atoms with van der Waals surface area (Å²) in [7, 11) is 1.62. The number of carbonyl (C=O) groups is 1. The van der Waals surface area contributed by atoms with Gasteiger partial charge < -0.3 is 15.0 Å². The van der Waals surface area contributed by atoms with Gasteiger partial charge in [0.25, 0.3) is 0 Å². The number of carbonyl (C=O) groups excluding carboxylic acids is 1. The fourth-order valence-electron chi connectivity index (χ4n) is 3.25. The van der Waals surface area contributed by atoms with Gasteiger partial charge in [0.05, 0.1) is 12.1 Å². The zero-order valence-corrected chi connectivity index (χ0v) is 18.2. The van der Waals surface area contributed by atoms with Crippen molar-refractivity contribution in [1.82, 2.24) is 15.3 Å². The van der Waals surface area contributed by atoms with Crippen molar-refractivity contribution in [2.24, 2.45) is 0 Å². The van der Waals surface area contributed by atoms with Gasteiger partial charge in [-0.25, -0.2) is 9.97 Å². The molecule has 1 amide bonds. The largest absolute Gasteiger partial charge is 0.383 e. The Labute approximate surface area is 182 Å². The highest BCUT2D eigenvalue weighted by Gasteiger charge is 2.16. The highest BCUT2D eigenvalue weighted by Crippen LogP contribution is 2.29. The Kier molecular flexibility index (Phi) is 7.99. The molecule has 6 nitrogen and oxygen atoms in total.